The van der Waals surface area contributed by atoms with Crippen molar-refractivity contribution in [2.24, 2.45) is 5.92 Å². The fraction of sp³-hybridized carbons (Fsp3) is 0.400. The van der Waals surface area contributed by atoms with Crippen LogP contribution in [0, 0.1) is 12.8 Å². The predicted molar refractivity (Wildman–Crippen MR) is 86.6 cm³/mol. The number of nitrogens with zero attached hydrogens (tertiary/aromatic N) is 3. The van der Waals surface area contributed by atoms with Crippen LogP contribution in [0.15, 0.2) is 18.3 Å². The van der Waals surface area contributed by atoms with Crippen molar-refractivity contribution in [3.05, 3.63) is 39.8 Å². The zero-order valence-electron chi connectivity index (χ0n) is 12.3. The third-order valence-corrected chi connectivity index (χ3v) is 3.28. The molecule has 2 heterocycles. The molecule has 0 aromatic carbocycles. The molecule has 4 nitrogen and oxygen atoms in total. The second-order valence-corrected chi connectivity index (χ2v) is 6.18. The van der Waals surface area contributed by atoms with E-state index in [0.29, 0.717) is 34.0 Å². The Morgan fingerprint density at radius 2 is 1.95 bits per heavy atom. The molecule has 0 fully saturated rings. The second kappa shape index (κ2) is 7.16. The lowest BCUT2D eigenvalue weighted by atomic mass is 10.2. The summed E-state index contributed by atoms with van der Waals surface area (Å²) in [6, 6.07) is 3.61. The Labute approximate surface area is 134 Å². The van der Waals surface area contributed by atoms with Crippen LogP contribution in [-0.2, 0) is 6.54 Å². The minimum absolute atomic E-state index is 0.453. The Bertz CT molecular complexity index is 629. The first-order chi connectivity index (χ1) is 9.95. The van der Waals surface area contributed by atoms with Gasteiger partial charge < -0.3 is 5.32 Å². The molecule has 0 aliphatic carbocycles. The highest BCUT2D eigenvalue weighted by atomic mass is 35.5. The van der Waals surface area contributed by atoms with Gasteiger partial charge in [0.1, 0.15) is 5.69 Å². The highest BCUT2D eigenvalue weighted by molar-refractivity contribution is 6.35. The van der Waals surface area contributed by atoms with E-state index in [9.17, 15) is 0 Å². The van der Waals surface area contributed by atoms with Gasteiger partial charge in [-0.25, -0.2) is 15.0 Å². The summed E-state index contributed by atoms with van der Waals surface area (Å²) in [5.41, 5.74) is 2.36. The van der Waals surface area contributed by atoms with Gasteiger partial charge >= 0.3 is 0 Å². The van der Waals surface area contributed by atoms with Gasteiger partial charge in [0, 0.05) is 18.4 Å². The maximum atomic E-state index is 6.17. The van der Waals surface area contributed by atoms with Gasteiger partial charge in [-0.3, -0.25) is 0 Å². The van der Waals surface area contributed by atoms with Crippen molar-refractivity contribution >= 4 is 23.2 Å². The molecule has 2 aromatic heterocycles. The van der Waals surface area contributed by atoms with Crippen molar-refractivity contribution in [2.45, 2.75) is 27.3 Å². The molecule has 2 aromatic rings. The van der Waals surface area contributed by atoms with Crippen molar-refractivity contribution in [1.82, 2.24) is 20.3 Å². The molecule has 0 unspecified atom stereocenters. The number of pyridine rings is 1. The van der Waals surface area contributed by atoms with E-state index in [1.807, 2.05) is 13.0 Å². The van der Waals surface area contributed by atoms with E-state index < -0.39 is 0 Å². The summed E-state index contributed by atoms with van der Waals surface area (Å²) >= 11 is 12.0. The minimum atomic E-state index is 0.453. The van der Waals surface area contributed by atoms with Crippen LogP contribution in [0.1, 0.15) is 25.2 Å². The van der Waals surface area contributed by atoms with Crippen LogP contribution in [0.5, 0.6) is 0 Å². The Hall–Kier alpha value is -1.23. The summed E-state index contributed by atoms with van der Waals surface area (Å²) in [6.45, 7) is 7.90. The Balaban J connectivity index is 2.26. The third-order valence-electron chi connectivity index (χ3n) is 2.79. The number of aryl methyl sites for hydroxylation is 1. The molecule has 21 heavy (non-hydrogen) atoms. The Morgan fingerprint density at radius 1 is 1.19 bits per heavy atom. The first-order valence-electron chi connectivity index (χ1n) is 6.82. The molecule has 0 radical (unpaired) electrons. The van der Waals surface area contributed by atoms with Gasteiger partial charge in [-0.2, -0.15) is 0 Å². The van der Waals surface area contributed by atoms with E-state index in [2.05, 4.69) is 34.1 Å². The van der Waals surface area contributed by atoms with Crippen LogP contribution < -0.4 is 5.32 Å². The summed E-state index contributed by atoms with van der Waals surface area (Å²) in [5.74, 6) is 1.12. The molecule has 0 aliphatic heterocycles. The summed E-state index contributed by atoms with van der Waals surface area (Å²) < 4.78 is 0. The summed E-state index contributed by atoms with van der Waals surface area (Å²) in [5, 5.41) is 4.31. The van der Waals surface area contributed by atoms with E-state index in [1.165, 1.54) is 0 Å². The first kappa shape index (κ1) is 16.1. The number of hydrogen-bond donors (Lipinski definition) is 1. The van der Waals surface area contributed by atoms with E-state index in [-0.39, 0.29) is 0 Å². The topological polar surface area (TPSA) is 50.7 Å². The average Bonchev–Trinajstić information content (AvgIpc) is 2.37. The monoisotopic (exact) mass is 324 g/mol. The predicted octanol–water partition coefficient (Wildman–Crippen LogP) is 3.90. The molecule has 0 amide bonds. The average molecular weight is 325 g/mol. The number of hydrogen-bond acceptors (Lipinski definition) is 4. The number of nitrogens with one attached hydrogen (secondary N) is 1. The molecule has 0 spiro atoms. The molecule has 0 saturated heterocycles. The highest BCUT2D eigenvalue weighted by Gasteiger charge is 2.11. The van der Waals surface area contributed by atoms with Gasteiger partial charge in [0.25, 0.3) is 0 Å². The third kappa shape index (κ3) is 4.63. The van der Waals surface area contributed by atoms with E-state index in [0.717, 1.165) is 17.9 Å². The van der Waals surface area contributed by atoms with Crippen LogP contribution in [0.2, 0.25) is 10.0 Å². The van der Waals surface area contributed by atoms with E-state index in [4.69, 9.17) is 23.2 Å². The second-order valence-electron chi connectivity index (χ2n) is 5.33. The summed E-state index contributed by atoms with van der Waals surface area (Å²) in [4.78, 5) is 13.2. The number of aromatic nitrogens is 3. The van der Waals surface area contributed by atoms with Gasteiger partial charge in [0.15, 0.2) is 5.82 Å². The highest BCUT2D eigenvalue weighted by Crippen LogP contribution is 2.25. The lowest BCUT2D eigenvalue weighted by Crippen LogP contribution is -2.20. The summed E-state index contributed by atoms with van der Waals surface area (Å²) in [7, 11) is 0. The number of halogens is 2. The molecular formula is C15H18Cl2N4. The van der Waals surface area contributed by atoms with Crippen LogP contribution >= 0.6 is 23.2 Å². The zero-order chi connectivity index (χ0) is 15.4. The molecule has 0 saturated carbocycles. The zero-order valence-corrected chi connectivity index (χ0v) is 13.8. The van der Waals surface area contributed by atoms with E-state index >= 15 is 0 Å². The maximum absolute atomic E-state index is 6.17. The Kier molecular flexibility index (Phi) is 5.51. The van der Waals surface area contributed by atoms with Crippen molar-refractivity contribution in [3.63, 3.8) is 0 Å². The van der Waals surface area contributed by atoms with Crippen molar-refractivity contribution in [3.8, 4) is 11.5 Å². The standard InChI is InChI=1S/C15H18Cl2N4/c1-9(2)6-18-8-12-4-10(3)20-15(21-12)14-13(17)5-11(16)7-19-14/h4-5,7,9,18H,6,8H2,1-3H3. The SMILES string of the molecule is Cc1cc(CNCC(C)C)nc(-c2ncc(Cl)cc2Cl)n1. The quantitative estimate of drug-likeness (QED) is 0.906. The van der Waals surface area contributed by atoms with Gasteiger partial charge in [-0.05, 0) is 31.5 Å². The van der Waals surface area contributed by atoms with Gasteiger partial charge in [0.05, 0.1) is 15.7 Å². The van der Waals surface area contributed by atoms with Gasteiger partial charge in [0.2, 0.25) is 0 Å². The maximum Gasteiger partial charge on any atom is 0.180 e. The van der Waals surface area contributed by atoms with Crippen molar-refractivity contribution < 1.29 is 0 Å². The fourth-order valence-corrected chi connectivity index (χ4v) is 2.36. The van der Waals surface area contributed by atoms with Crippen LogP contribution in [0.4, 0.5) is 0 Å². The number of rotatable bonds is 5. The molecule has 6 heteroatoms. The van der Waals surface area contributed by atoms with Crippen LogP contribution in [0.25, 0.3) is 11.5 Å². The van der Waals surface area contributed by atoms with Crippen molar-refractivity contribution in [1.29, 1.82) is 0 Å². The normalized spacial score (nSPS) is 11.1. The minimum Gasteiger partial charge on any atom is -0.311 e. The van der Waals surface area contributed by atoms with Gasteiger partial charge in [-0.15, -0.1) is 0 Å². The van der Waals surface area contributed by atoms with Crippen LogP contribution in [0.3, 0.4) is 0 Å². The van der Waals surface area contributed by atoms with Crippen LogP contribution in [-0.4, -0.2) is 21.5 Å². The molecule has 0 atom stereocenters. The molecule has 1 N–H and O–H groups in total. The molecule has 2 rings (SSSR count). The molecule has 0 aliphatic rings. The fourth-order valence-electron chi connectivity index (χ4n) is 1.90. The largest absolute Gasteiger partial charge is 0.311 e. The molecule has 0 bridgehead atoms. The molecule has 112 valence electrons. The lowest BCUT2D eigenvalue weighted by molar-refractivity contribution is 0.548. The first-order valence-corrected chi connectivity index (χ1v) is 7.58. The summed E-state index contributed by atoms with van der Waals surface area (Å²) in [6.07, 6.45) is 1.55. The van der Waals surface area contributed by atoms with Crippen molar-refractivity contribution in [2.75, 3.05) is 6.54 Å². The Morgan fingerprint density at radius 3 is 2.62 bits per heavy atom. The smallest absolute Gasteiger partial charge is 0.180 e. The van der Waals surface area contributed by atoms with E-state index in [1.54, 1.807) is 12.3 Å². The lowest BCUT2D eigenvalue weighted by Gasteiger charge is -2.09. The van der Waals surface area contributed by atoms with Gasteiger partial charge in [-0.1, -0.05) is 37.0 Å². The molecular weight excluding hydrogens is 307 g/mol.